The molecule has 3 aromatic rings. The molecule has 56 heavy (non-hydrogen) atoms. The van der Waals surface area contributed by atoms with E-state index in [-0.39, 0.29) is 39.6 Å². The first kappa shape index (κ1) is 38.9. The van der Waals surface area contributed by atoms with Gasteiger partial charge in [0.25, 0.3) is 0 Å². The summed E-state index contributed by atoms with van der Waals surface area (Å²) in [6, 6.07) is 35.1. The van der Waals surface area contributed by atoms with Crippen molar-refractivity contribution in [3.8, 4) is 6.07 Å². The van der Waals surface area contributed by atoms with Crippen LogP contribution in [0.4, 0.5) is 0 Å². The van der Waals surface area contributed by atoms with Crippen molar-refractivity contribution in [2.24, 2.45) is 10.8 Å². The lowest BCUT2D eigenvalue weighted by molar-refractivity contribution is -0.132. The van der Waals surface area contributed by atoms with Gasteiger partial charge in [-0.25, -0.2) is 0 Å². The van der Waals surface area contributed by atoms with Crippen LogP contribution in [0.15, 0.2) is 91.0 Å². The number of likely N-dealkylation sites (tertiary alicyclic amines) is 2. The second kappa shape index (κ2) is 16.9. The number of piperidine rings is 2. The Kier molecular flexibility index (Phi) is 11.7. The number of nitrogens with one attached hydrogen (secondary N) is 2. The van der Waals surface area contributed by atoms with Gasteiger partial charge in [0, 0.05) is 56.6 Å². The maximum absolute atomic E-state index is 13.1. The molecule has 2 saturated carbocycles. The summed E-state index contributed by atoms with van der Waals surface area (Å²) in [4.78, 5) is 31.1. The third kappa shape index (κ3) is 7.22. The molecule has 2 N–H and O–H groups in total. The highest BCUT2D eigenvalue weighted by molar-refractivity contribution is 5.87. The average molecular weight is 754 g/mol. The van der Waals surface area contributed by atoms with Crippen molar-refractivity contribution < 1.29 is 9.59 Å². The zero-order valence-electron chi connectivity index (χ0n) is 33.5. The quantitative estimate of drug-likeness (QED) is 0.255. The molecule has 2 amide bonds. The Bertz CT molecular complexity index is 1790. The van der Waals surface area contributed by atoms with Crippen molar-refractivity contribution in [1.82, 2.24) is 20.4 Å². The summed E-state index contributed by atoms with van der Waals surface area (Å²) in [7, 11) is 0. The van der Waals surface area contributed by atoms with E-state index in [1.54, 1.807) is 0 Å². The van der Waals surface area contributed by atoms with Gasteiger partial charge in [0.15, 0.2) is 0 Å². The fraction of sp³-hybridized carbons (Fsp3) is 0.571. The Balaban J connectivity index is 0.000000159. The normalized spacial score (nSPS) is 27.2. The maximum Gasteiger partial charge on any atom is 0.227 e. The van der Waals surface area contributed by atoms with E-state index in [9.17, 15) is 14.9 Å². The summed E-state index contributed by atoms with van der Waals surface area (Å²) in [6.45, 7) is 5.30. The molecule has 2 unspecified atom stereocenters. The summed E-state index contributed by atoms with van der Waals surface area (Å²) in [5, 5.41) is 16.3. The molecule has 4 heterocycles. The third-order valence-corrected chi connectivity index (χ3v) is 15.5. The molecule has 6 aliphatic rings. The predicted molar refractivity (Wildman–Crippen MR) is 223 cm³/mol. The molecule has 2 spiro atoms. The van der Waals surface area contributed by atoms with Crippen LogP contribution in [0.2, 0.25) is 0 Å². The van der Waals surface area contributed by atoms with Gasteiger partial charge in [-0.1, -0.05) is 142 Å². The number of carbonyl (C=O) groups excluding carboxylic acids is 2. The molecule has 296 valence electrons. The van der Waals surface area contributed by atoms with Crippen LogP contribution >= 0.6 is 0 Å². The van der Waals surface area contributed by atoms with Crippen LogP contribution in [0.1, 0.15) is 131 Å². The van der Waals surface area contributed by atoms with Crippen LogP contribution in [0, 0.1) is 22.2 Å². The maximum atomic E-state index is 13.1. The molecule has 2 atom stereocenters. The Labute approximate surface area is 335 Å². The Hall–Kier alpha value is -3.99. The van der Waals surface area contributed by atoms with Gasteiger partial charge in [0.1, 0.15) is 5.54 Å². The highest BCUT2D eigenvalue weighted by Crippen LogP contribution is 2.52. The Morgan fingerprint density at radius 1 is 0.500 bits per heavy atom. The molecule has 6 fully saturated rings. The molecule has 4 aliphatic heterocycles. The van der Waals surface area contributed by atoms with E-state index in [0.29, 0.717) is 5.92 Å². The van der Waals surface area contributed by atoms with E-state index < -0.39 is 0 Å². The fourth-order valence-electron chi connectivity index (χ4n) is 12.2. The highest BCUT2D eigenvalue weighted by Gasteiger charge is 2.55. The Morgan fingerprint density at radius 3 is 1.32 bits per heavy atom. The van der Waals surface area contributed by atoms with Gasteiger partial charge >= 0.3 is 0 Å². The molecule has 7 heteroatoms. The molecule has 7 nitrogen and oxygen atoms in total. The lowest BCUT2D eigenvalue weighted by Crippen LogP contribution is -2.55. The van der Waals surface area contributed by atoms with E-state index in [0.717, 1.165) is 90.6 Å². The number of benzene rings is 3. The van der Waals surface area contributed by atoms with Gasteiger partial charge in [0.2, 0.25) is 11.8 Å². The van der Waals surface area contributed by atoms with Crippen LogP contribution in [0.3, 0.4) is 0 Å². The smallest absolute Gasteiger partial charge is 0.227 e. The number of hydrogen-bond donors (Lipinski definition) is 2. The number of nitriles is 1. The lowest BCUT2D eigenvalue weighted by Gasteiger charge is -2.50. The second-order valence-corrected chi connectivity index (χ2v) is 18.0. The van der Waals surface area contributed by atoms with Crippen molar-refractivity contribution in [3.05, 3.63) is 108 Å². The summed E-state index contributed by atoms with van der Waals surface area (Å²) in [5.74, 6) is 1.06. The van der Waals surface area contributed by atoms with Crippen molar-refractivity contribution >= 4 is 11.8 Å². The first-order valence-corrected chi connectivity index (χ1v) is 22.1. The van der Waals surface area contributed by atoms with E-state index in [1.165, 1.54) is 68.1 Å². The highest BCUT2D eigenvalue weighted by atomic mass is 16.2. The Morgan fingerprint density at radius 2 is 0.893 bits per heavy atom. The largest absolute Gasteiger partial charge is 0.355 e. The molecular formula is C49H63N5O2. The summed E-state index contributed by atoms with van der Waals surface area (Å²) in [6.07, 6.45) is 18.3. The van der Waals surface area contributed by atoms with E-state index in [4.69, 9.17) is 0 Å². The van der Waals surface area contributed by atoms with Crippen LogP contribution in [-0.2, 0) is 15.1 Å². The molecular weight excluding hydrogens is 691 g/mol. The lowest BCUT2D eigenvalue weighted by atomic mass is 9.66. The van der Waals surface area contributed by atoms with Crippen molar-refractivity contribution in [1.29, 1.82) is 5.26 Å². The van der Waals surface area contributed by atoms with Gasteiger partial charge in [-0.15, -0.1) is 0 Å². The molecule has 9 rings (SSSR count). The standard InChI is InChI=1S/C27H34N2O.C22H29N3O/c30-25-26(24(21-28-25)22-11-5-3-6-12-22)17-19-29(20-18-26)27(15-9-1-2-10-16-27)23-13-7-4-8-14-23;23-17-21(10-6-1-2-7-11-21)25-14-12-22(13-15-25)19(16-24-20(22)26)18-8-4-3-5-9-18/h3-8,11-14,24H,1-2,9-10,15-21H2,(H,28,30);3-5,8-9,19H,1-2,6-7,10-16H2,(H,24,26). The fourth-order valence-corrected chi connectivity index (χ4v) is 12.2. The van der Waals surface area contributed by atoms with E-state index in [1.807, 2.05) is 6.07 Å². The molecule has 0 radical (unpaired) electrons. The second-order valence-electron chi connectivity index (χ2n) is 18.0. The van der Waals surface area contributed by atoms with Crippen molar-refractivity contribution in [2.75, 3.05) is 39.3 Å². The van der Waals surface area contributed by atoms with Crippen LogP contribution in [-0.4, -0.2) is 66.4 Å². The SMILES string of the molecule is N#CC1(N2CCC3(CC2)C(=O)NCC3c2ccccc2)CCCCCC1.O=C1NCC(c2ccccc2)C12CCN(C1(c3ccccc3)CCCCCC1)CC2. The third-order valence-electron chi connectivity index (χ3n) is 15.5. The summed E-state index contributed by atoms with van der Waals surface area (Å²) >= 11 is 0. The molecule has 3 aromatic carbocycles. The molecule has 0 bridgehead atoms. The van der Waals surface area contributed by atoms with Crippen molar-refractivity contribution in [2.45, 2.75) is 126 Å². The zero-order valence-corrected chi connectivity index (χ0v) is 33.5. The van der Waals surface area contributed by atoms with Gasteiger partial charge in [-0.3, -0.25) is 19.4 Å². The minimum atomic E-state index is -0.296. The molecule has 2 aliphatic carbocycles. The summed E-state index contributed by atoms with van der Waals surface area (Å²) in [5.41, 5.74) is 3.39. The van der Waals surface area contributed by atoms with Crippen LogP contribution < -0.4 is 10.6 Å². The molecule has 0 aromatic heterocycles. The van der Waals surface area contributed by atoms with Gasteiger partial charge in [-0.2, -0.15) is 5.26 Å². The first-order chi connectivity index (χ1) is 27.4. The van der Waals surface area contributed by atoms with E-state index >= 15 is 0 Å². The average Bonchev–Trinajstić information content (AvgIpc) is 3.48. The minimum absolute atomic E-state index is 0.149. The summed E-state index contributed by atoms with van der Waals surface area (Å²) < 4.78 is 0. The van der Waals surface area contributed by atoms with Crippen LogP contribution in [0.25, 0.3) is 0 Å². The first-order valence-electron chi connectivity index (χ1n) is 22.1. The number of hydrogen-bond acceptors (Lipinski definition) is 5. The monoisotopic (exact) mass is 753 g/mol. The van der Waals surface area contributed by atoms with E-state index in [2.05, 4.69) is 111 Å². The van der Waals surface area contributed by atoms with Gasteiger partial charge < -0.3 is 10.6 Å². The van der Waals surface area contributed by atoms with Crippen molar-refractivity contribution in [3.63, 3.8) is 0 Å². The van der Waals surface area contributed by atoms with Crippen LogP contribution in [0.5, 0.6) is 0 Å². The van der Waals surface area contributed by atoms with Gasteiger partial charge in [0.05, 0.1) is 16.9 Å². The number of amides is 2. The zero-order chi connectivity index (χ0) is 38.5. The molecule has 4 saturated heterocycles. The number of carbonyl (C=O) groups is 2. The number of nitrogens with zero attached hydrogens (tertiary/aromatic N) is 3. The topological polar surface area (TPSA) is 88.5 Å². The number of rotatable bonds is 5. The van der Waals surface area contributed by atoms with Gasteiger partial charge in [-0.05, 0) is 68.1 Å². The minimum Gasteiger partial charge on any atom is -0.355 e. The predicted octanol–water partition coefficient (Wildman–Crippen LogP) is 8.83.